The monoisotopic (exact) mass is 342 g/mol. The first-order chi connectivity index (χ1) is 8.42. The van der Waals surface area contributed by atoms with Crippen molar-refractivity contribution < 1.29 is 0 Å². The summed E-state index contributed by atoms with van der Waals surface area (Å²) >= 11 is 3.55. The van der Waals surface area contributed by atoms with Crippen LogP contribution < -0.4 is 5.73 Å². The van der Waals surface area contributed by atoms with Crippen molar-refractivity contribution in [1.82, 2.24) is 4.40 Å². The lowest BCUT2D eigenvalue weighted by Crippen LogP contribution is -2.34. The number of halogens is 2. The molecule has 0 fully saturated rings. The van der Waals surface area contributed by atoms with Gasteiger partial charge in [-0.25, -0.2) is 0 Å². The van der Waals surface area contributed by atoms with Crippen molar-refractivity contribution >= 4 is 33.9 Å². The van der Waals surface area contributed by atoms with Crippen molar-refractivity contribution in [1.29, 1.82) is 0 Å². The third-order valence-electron chi connectivity index (χ3n) is 4.47. The van der Waals surface area contributed by atoms with E-state index in [4.69, 9.17) is 5.73 Å². The molecule has 2 aromatic rings. The van der Waals surface area contributed by atoms with Gasteiger partial charge in [0.1, 0.15) is 0 Å². The number of fused-ring (bicyclic) bond motifs is 3. The maximum absolute atomic E-state index is 6.50. The Kier molecular flexibility index (Phi) is 3.76. The number of hydrogen-bond acceptors (Lipinski definition) is 1. The summed E-state index contributed by atoms with van der Waals surface area (Å²) in [5.74, 6) is 0. The van der Waals surface area contributed by atoms with Crippen LogP contribution in [-0.4, -0.2) is 4.40 Å². The topological polar surface area (TPSA) is 30.4 Å². The minimum atomic E-state index is 0. The van der Waals surface area contributed by atoms with Gasteiger partial charge in [-0.1, -0.05) is 29.8 Å². The molecule has 0 spiro atoms. The smallest absolute Gasteiger partial charge is 0.0496 e. The molecule has 1 unspecified atom stereocenters. The van der Waals surface area contributed by atoms with E-state index >= 15 is 0 Å². The highest BCUT2D eigenvalue weighted by atomic mass is 79.9. The summed E-state index contributed by atoms with van der Waals surface area (Å²) in [5.41, 5.74) is 12.1. The van der Waals surface area contributed by atoms with Gasteiger partial charge in [0.2, 0.25) is 0 Å². The second kappa shape index (κ2) is 4.80. The SMILES string of the molecule is Cc1c2c(n3ccc(Br)cc13)CCC(C)(C)C2N.Cl. The fraction of sp³-hybridized carbons (Fsp3) is 0.467. The summed E-state index contributed by atoms with van der Waals surface area (Å²) in [6.07, 6.45) is 4.42. The zero-order valence-electron chi connectivity index (χ0n) is 11.5. The Labute approximate surface area is 128 Å². The number of nitrogens with zero attached hydrogens (tertiary/aromatic N) is 1. The van der Waals surface area contributed by atoms with Crippen LogP contribution >= 0.6 is 28.3 Å². The molecule has 104 valence electrons. The molecule has 2 heterocycles. The van der Waals surface area contributed by atoms with Gasteiger partial charge in [-0.3, -0.25) is 0 Å². The molecule has 3 rings (SSSR count). The molecule has 2 N–H and O–H groups in total. The van der Waals surface area contributed by atoms with Gasteiger partial charge >= 0.3 is 0 Å². The minimum absolute atomic E-state index is 0. The number of aromatic nitrogens is 1. The van der Waals surface area contributed by atoms with Crippen LogP contribution in [0.2, 0.25) is 0 Å². The van der Waals surface area contributed by atoms with Crippen LogP contribution in [-0.2, 0) is 6.42 Å². The largest absolute Gasteiger partial charge is 0.323 e. The lowest BCUT2D eigenvalue weighted by atomic mass is 9.72. The molecule has 0 saturated heterocycles. The predicted octanol–water partition coefficient (Wildman–Crippen LogP) is 4.40. The van der Waals surface area contributed by atoms with Crippen LogP contribution in [0.15, 0.2) is 22.8 Å². The maximum atomic E-state index is 6.50. The molecule has 2 nitrogen and oxygen atoms in total. The Balaban J connectivity index is 0.00000133. The Morgan fingerprint density at radius 3 is 2.79 bits per heavy atom. The maximum Gasteiger partial charge on any atom is 0.0496 e. The van der Waals surface area contributed by atoms with Crippen molar-refractivity contribution in [2.45, 2.75) is 39.7 Å². The molecule has 0 radical (unpaired) electrons. The Morgan fingerprint density at radius 1 is 1.42 bits per heavy atom. The molecule has 0 saturated carbocycles. The average molecular weight is 344 g/mol. The van der Waals surface area contributed by atoms with E-state index in [-0.39, 0.29) is 23.9 Å². The molecule has 4 heteroatoms. The molecular formula is C15H20BrClN2. The van der Waals surface area contributed by atoms with Crippen molar-refractivity contribution in [3.63, 3.8) is 0 Å². The van der Waals surface area contributed by atoms with Crippen molar-refractivity contribution in [2.24, 2.45) is 11.1 Å². The first-order valence-corrected chi connectivity index (χ1v) is 7.25. The fourth-order valence-electron chi connectivity index (χ4n) is 3.14. The summed E-state index contributed by atoms with van der Waals surface area (Å²) < 4.78 is 3.44. The lowest BCUT2D eigenvalue weighted by Gasteiger charge is -2.36. The Morgan fingerprint density at radius 2 is 2.11 bits per heavy atom. The number of aryl methyl sites for hydroxylation is 2. The fourth-order valence-corrected chi connectivity index (χ4v) is 3.47. The molecule has 0 amide bonds. The summed E-state index contributed by atoms with van der Waals surface area (Å²) in [4.78, 5) is 0. The summed E-state index contributed by atoms with van der Waals surface area (Å²) in [5, 5.41) is 0. The molecule has 19 heavy (non-hydrogen) atoms. The second-order valence-corrected chi connectivity index (χ2v) is 6.97. The van der Waals surface area contributed by atoms with Crippen LogP contribution in [0.1, 0.15) is 43.1 Å². The normalized spacial score (nSPS) is 21.0. The molecule has 0 bridgehead atoms. The second-order valence-electron chi connectivity index (χ2n) is 6.05. The first kappa shape index (κ1) is 14.9. The van der Waals surface area contributed by atoms with E-state index in [1.165, 1.54) is 22.3 Å². The summed E-state index contributed by atoms with van der Waals surface area (Å²) in [6.45, 7) is 6.75. The first-order valence-electron chi connectivity index (χ1n) is 6.46. The molecule has 2 aromatic heterocycles. The van der Waals surface area contributed by atoms with Crippen molar-refractivity contribution in [3.05, 3.63) is 39.6 Å². The van der Waals surface area contributed by atoms with Gasteiger partial charge in [-0.2, -0.15) is 0 Å². The highest BCUT2D eigenvalue weighted by Crippen LogP contribution is 2.45. The van der Waals surface area contributed by atoms with Crippen LogP contribution in [0.25, 0.3) is 5.52 Å². The number of rotatable bonds is 0. The summed E-state index contributed by atoms with van der Waals surface area (Å²) in [7, 11) is 0. The number of nitrogens with two attached hydrogens (primary N) is 1. The van der Waals surface area contributed by atoms with Gasteiger partial charge in [0, 0.05) is 27.9 Å². The van der Waals surface area contributed by atoms with E-state index in [0.29, 0.717) is 0 Å². The zero-order chi connectivity index (χ0) is 13.1. The van der Waals surface area contributed by atoms with Crippen molar-refractivity contribution in [2.75, 3.05) is 0 Å². The van der Waals surface area contributed by atoms with E-state index in [0.717, 1.165) is 17.3 Å². The third-order valence-corrected chi connectivity index (χ3v) is 4.96. The van der Waals surface area contributed by atoms with Gasteiger partial charge in [-0.05, 0) is 48.4 Å². The Hall–Kier alpha value is -0.510. The highest BCUT2D eigenvalue weighted by Gasteiger charge is 2.36. The molecule has 0 aromatic carbocycles. The highest BCUT2D eigenvalue weighted by molar-refractivity contribution is 9.10. The van der Waals surface area contributed by atoms with Crippen LogP contribution in [0.3, 0.4) is 0 Å². The van der Waals surface area contributed by atoms with Gasteiger partial charge in [0.15, 0.2) is 0 Å². The van der Waals surface area contributed by atoms with Crippen LogP contribution in [0.4, 0.5) is 0 Å². The molecular weight excluding hydrogens is 324 g/mol. The molecule has 1 aliphatic rings. The van der Waals surface area contributed by atoms with Crippen LogP contribution in [0.5, 0.6) is 0 Å². The van der Waals surface area contributed by atoms with Crippen LogP contribution in [0, 0.1) is 12.3 Å². The van der Waals surface area contributed by atoms with Gasteiger partial charge in [0.25, 0.3) is 0 Å². The Bertz CT molecular complexity index is 631. The van der Waals surface area contributed by atoms with E-state index in [1.807, 2.05) is 0 Å². The van der Waals surface area contributed by atoms with Gasteiger partial charge < -0.3 is 10.1 Å². The zero-order valence-corrected chi connectivity index (χ0v) is 13.9. The van der Waals surface area contributed by atoms with Gasteiger partial charge in [-0.15, -0.1) is 12.4 Å². The third kappa shape index (κ3) is 2.12. The van der Waals surface area contributed by atoms with E-state index < -0.39 is 0 Å². The van der Waals surface area contributed by atoms with Gasteiger partial charge in [0.05, 0.1) is 0 Å². The minimum Gasteiger partial charge on any atom is -0.323 e. The van der Waals surface area contributed by atoms with E-state index in [2.05, 4.69) is 59.4 Å². The molecule has 1 aliphatic carbocycles. The van der Waals surface area contributed by atoms with E-state index in [1.54, 1.807) is 0 Å². The predicted molar refractivity (Wildman–Crippen MR) is 86.1 cm³/mol. The number of hydrogen-bond donors (Lipinski definition) is 1. The van der Waals surface area contributed by atoms with E-state index in [9.17, 15) is 0 Å². The summed E-state index contributed by atoms with van der Waals surface area (Å²) in [6, 6.07) is 4.42. The molecule has 1 atom stereocenters. The average Bonchev–Trinajstić information content (AvgIpc) is 2.58. The van der Waals surface area contributed by atoms with Crippen molar-refractivity contribution in [3.8, 4) is 0 Å². The lowest BCUT2D eigenvalue weighted by molar-refractivity contribution is 0.247. The number of pyridine rings is 1. The molecule has 0 aliphatic heterocycles. The quantitative estimate of drug-likeness (QED) is 0.755. The standard InChI is InChI=1S/C15H19BrN2.ClH/c1-9-12-8-10(16)5-7-18(12)11-4-6-15(2,3)14(17)13(9)11;/h5,7-8,14H,4,6,17H2,1-3H3;1H.